The molecule has 2 fully saturated rings. The van der Waals surface area contributed by atoms with Gasteiger partial charge in [-0.2, -0.15) is 0 Å². The first kappa shape index (κ1) is 17.4. The third kappa shape index (κ3) is 3.71. The number of hydrogen-bond acceptors (Lipinski definition) is 5. The molecule has 26 heavy (non-hydrogen) atoms. The number of hydrogen-bond donors (Lipinski definition) is 1. The molecule has 0 radical (unpaired) electrons. The van der Waals surface area contributed by atoms with Crippen molar-refractivity contribution in [1.82, 2.24) is 14.5 Å². The van der Waals surface area contributed by atoms with E-state index in [1.807, 2.05) is 12.1 Å². The summed E-state index contributed by atoms with van der Waals surface area (Å²) in [5.41, 5.74) is 1.49. The predicted octanol–water partition coefficient (Wildman–Crippen LogP) is 2.65. The standard InChI is InChI=1S/C18H21FN4O2S/c19-14-3-1-13(2-4-14)17-7-8-18(22-21-17)20-15-9-11-23(12-10-15)26(24,25)16-5-6-16/h1-4,7-8,15-16H,5-6,9-12H2,(H,20,22). The molecule has 138 valence electrons. The molecule has 1 saturated carbocycles. The molecule has 2 aliphatic rings. The van der Waals surface area contributed by atoms with Crippen LogP contribution in [-0.2, 0) is 10.0 Å². The Balaban J connectivity index is 1.34. The van der Waals surface area contributed by atoms with Crippen molar-refractivity contribution in [3.8, 4) is 11.3 Å². The van der Waals surface area contributed by atoms with Crippen molar-refractivity contribution in [2.75, 3.05) is 18.4 Å². The van der Waals surface area contributed by atoms with Gasteiger partial charge >= 0.3 is 0 Å². The largest absolute Gasteiger partial charge is 0.366 e. The summed E-state index contributed by atoms with van der Waals surface area (Å²) >= 11 is 0. The second kappa shape index (κ2) is 6.92. The van der Waals surface area contributed by atoms with Crippen molar-refractivity contribution in [1.29, 1.82) is 0 Å². The van der Waals surface area contributed by atoms with E-state index >= 15 is 0 Å². The van der Waals surface area contributed by atoms with Gasteiger partial charge in [0, 0.05) is 24.7 Å². The highest BCUT2D eigenvalue weighted by Gasteiger charge is 2.41. The second-order valence-electron chi connectivity index (χ2n) is 6.87. The zero-order valence-electron chi connectivity index (χ0n) is 14.3. The number of aromatic nitrogens is 2. The number of halogens is 1. The maximum atomic E-state index is 13.0. The van der Waals surface area contributed by atoms with E-state index in [0.717, 1.165) is 31.2 Å². The van der Waals surface area contributed by atoms with Gasteiger partial charge in [0.2, 0.25) is 10.0 Å². The molecule has 1 N–H and O–H groups in total. The lowest BCUT2D eigenvalue weighted by molar-refractivity contribution is 0.329. The minimum absolute atomic E-state index is 0.142. The van der Waals surface area contributed by atoms with Crippen molar-refractivity contribution in [3.05, 3.63) is 42.2 Å². The van der Waals surface area contributed by atoms with Gasteiger partial charge in [-0.05, 0) is 62.1 Å². The molecular weight excluding hydrogens is 355 g/mol. The molecule has 1 aromatic heterocycles. The molecule has 0 atom stereocenters. The molecule has 2 aromatic rings. The van der Waals surface area contributed by atoms with E-state index in [0.29, 0.717) is 24.6 Å². The van der Waals surface area contributed by atoms with Gasteiger partial charge in [-0.1, -0.05) is 0 Å². The summed E-state index contributed by atoms with van der Waals surface area (Å²) in [5.74, 6) is 0.384. The number of benzene rings is 1. The summed E-state index contributed by atoms with van der Waals surface area (Å²) in [5, 5.41) is 11.6. The monoisotopic (exact) mass is 376 g/mol. The van der Waals surface area contributed by atoms with Crippen molar-refractivity contribution in [3.63, 3.8) is 0 Å². The minimum atomic E-state index is -3.07. The number of rotatable bonds is 5. The normalized spacial score (nSPS) is 19.4. The fraction of sp³-hybridized carbons (Fsp3) is 0.444. The van der Waals surface area contributed by atoms with Gasteiger partial charge < -0.3 is 5.32 Å². The number of sulfonamides is 1. The van der Waals surface area contributed by atoms with Crippen molar-refractivity contribution < 1.29 is 12.8 Å². The summed E-state index contributed by atoms with van der Waals surface area (Å²) in [6, 6.07) is 10.0. The van der Waals surface area contributed by atoms with Gasteiger partial charge in [0.1, 0.15) is 11.6 Å². The smallest absolute Gasteiger partial charge is 0.216 e. The van der Waals surface area contributed by atoms with Crippen molar-refractivity contribution in [2.24, 2.45) is 0 Å². The van der Waals surface area contributed by atoms with Crippen LogP contribution in [0.1, 0.15) is 25.7 Å². The minimum Gasteiger partial charge on any atom is -0.366 e. The van der Waals surface area contributed by atoms with Crippen LogP contribution in [0.5, 0.6) is 0 Å². The Labute approximate surface area is 152 Å². The average Bonchev–Trinajstić information content (AvgIpc) is 3.49. The average molecular weight is 376 g/mol. The lowest BCUT2D eigenvalue weighted by atomic mass is 10.1. The Bertz CT molecular complexity index is 859. The lowest BCUT2D eigenvalue weighted by Crippen LogP contribution is -2.43. The topological polar surface area (TPSA) is 75.2 Å². The zero-order chi connectivity index (χ0) is 18.1. The van der Waals surface area contributed by atoms with E-state index in [9.17, 15) is 12.8 Å². The summed E-state index contributed by atoms with van der Waals surface area (Å²) in [7, 11) is -3.07. The molecule has 0 unspecified atom stereocenters. The van der Waals surface area contributed by atoms with Crippen LogP contribution in [0.4, 0.5) is 10.2 Å². The quantitative estimate of drug-likeness (QED) is 0.868. The van der Waals surface area contributed by atoms with Crippen LogP contribution < -0.4 is 5.32 Å². The summed E-state index contributed by atoms with van der Waals surface area (Å²) < 4.78 is 39.2. The first-order chi connectivity index (χ1) is 12.5. The predicted molar refractivity (Wildman–Crippen MR) is 97.6 cm³/mol. The van der Waals surface area contributed by atoms with Crippen LogP contribution in [0.15, 0.2) is 36.4 Å². The molecule has 1 saturated heterocycles. The molecule has 0 amide bonds. The molecule has 4 rings (SSSR count). The SMILES string of the molecule is O=S(=O)(C1CC1)N1CCC(Nc2ccc(-c3ccc(F)cc3)nn2)CC1. The summed E-state index contributed by atoms with van der Waals surface area (Å²) in [4.78, 5) is 0. The van der Waals surface area contributed by atoms with Crippen LogP contribution in [0.2, 0.25) is 0 Å². The van der Waals surface area contributed by atoms with Crippen molar-refractivity contribution >= 4 is 15.8 Å². The molecule has 1 aromatic carbocycles. The van der Waals surface area contributed by atoms with Gasteiger partial charge in [0.25, 0.3) is 0 Å². The van der Waals surface area contributed by atoms with Crippen LogP contribution in [0.3, 0.4) is 0 Å². The van der Waals surface area contributed by atoms with E-state index in [-0.39, 0.29) is 17.1 Å². The highest BCUT2D eigenvalue weighted by atomic mass is 32.2. The highest BCUT2D eigenvalue weighted by molar-refractivity contribution is 7.90. The molecule has 1 aliphatic carbocycles. The lowest BCUT2D eigenvalue weighted by Gasteiger charge is -2.31. The molecule has 0 bridgehead atoms. The first-order valence-corrected chi connectivity index (χ1v) is 10.4. The number of piperidine rings is 1. The Morgan fingerprint density at radius 2 is 1.65 bits per heavy atom. The van der Waals surface area contributed by atoms with Crippen LogP contribution in [0.25, 0.3) is 11.3 Å². The Morgan fingerprint density at radius 3 is 2.23 bits per heavy atom. The van der Waals surface area contributed by atoms with Crippen LogP contribution >= 0.6 is 0 Å². The molecule has 1 aliphatic heterocycles. The Hall–Kier alpha value is -2.06. The molecule has 2 heterocycles. The second-order valence-corrected chi connectivity index (χ2v) is 9.09. The summed E-state index contributed by atoms with van der Waals surface area (Å²) in [6.07, 6.45) is 3.12. The summed E-state index contributed by atoms with van der Waals surface area (Å²) in [6.45, 7) is 1.11. The number of nitrogens with one attached hydrogen (secondary N) is 1. The third-order valence-corrected chi connectivity index (χ3v) is 7.31. The van der Waals surface area contributed by atoms with Crippen molar-refractivity contribution in [2.45, 2.75) is 37.0 Å². The van der Waals surface area contributed by atoms with E-state index in [1.54, 1.807) is 16.4 Å². The number of anilines is 1. The Morgan fingerprint density at radius 1 is 0.962 bits per heavy atom. The molecule has 0 spiro atoms. The molecule has 8 heteroatoms. The van der Waals surface area contributed by atoms with E-state index in [2.05, 4.69) is 15.5 Å². The fourth-order valence-corrected chi connectivity index (χ4v) is 5.10. The number of nitrogens with zero attached hydrogens (tertiary/aromatic N) is 3. The highest BCUT2D eigenvalue weighted by Crippen LogP contribution is 2.32. The van der Waals surface area contributed by atoms with Gasteiger partial charge in [0.15, 0.2) is 0 Å². The zero-order valence-corrected chi connectivity index (χ0v) is 15.1. The van der Waals surface area contributed by atoms with E-state index < -0.39 is 10.0 Å². The third-order valence-electron chi connectivity index (χ3n) is 4.92. The maximum absolute atomic E-state index is 13.0. The fourth-order valence-electron chi connectivity index (χ4n) is 3.22. The van der Waals surface area contributed by atoms with Crippen LogP contribution in [-0.4, -0.2) is 47.3 Å². The van der Waals surface area contributed by atoms with E-state index in [4.69, 9.17) is 0 Å². The van der Waals surface area contributed by atoms with Gasteiger partial charge in [-0.3, -0.25) is 0 Å². The first-order valence-electron chi connectivity index (χ1n) is 8.87. The maximum Gasteiger partial charge on any atom is 0.216 e. The van der Waals surface area contributed by atoms with E-state index in [1.165, 1.54) is 12.1 Å². The molecule has 6 nitrogen and oxygen atoms in total. The Kier molecular flexibility index (Phi) is 4.62. The van der Waals surface area contributed by atoms with Gasteiger partial charge in [-0.25, -0.2) is 17.1 Å². The van der Waals surface area contributed by atoms with Crippen LogP contribution in [0, 0.1) is 5.82 Å². The molecular formula is C18H21FN4O2S. The van der Waals surface area contributed by atoms with Gasteiger partial charge in [-0.15, -0.1) is 10.2 Å². The van der Waals surface area contributed by atoms with Gasteiger partial charge in [0.05, 0.1) is 10.9 Å².